The van der Waals surface area contributed by atoms with Crippen molar-refractivity contribution in [1.82, 2.24) is 4.98 Å². The molecule has 0 aliphatic carbocycles. The second-order valence-corrected chi connectivity index (χ2v) is 5.60. The Hall–Kier alpha value is -0.410. The largest absolute Gasteiger partial charge is 0.245 e. The van der Waals surface area contributed by atoms with Gasteiger partial charge in [-0.25, -0.2) is 4.98 Å². The summed E-state index contributed by atoms with van der Waals surface area (Å²) in [6, 6.07) is 9.40. The third kappa shape index (κ3) is 3.78. The van der Waals surface area contributed by atoms with Crippen LogP contribution in [0.1, 0.15) is 5.56 Å². The maximum atomic E-state index is 5.94. The number of pyridine rings is 1. The zero-order chi connectivity index (χ0) is 12.3. The van der Waals surface area contributed by atoms with Crippen LogP contribution in [-0.4, -0.2) is 4.98 Å². The number of rotatable bonds is 3. The van der Waals surface area contributed by atoms with Gasteiger partial charge in [0.15, 0.2) is 0 Å². The molecule has 1 aromatic carbocycles. The van der Waals surface area contributed by atoms with Crippen LogP contribution in [0.5, 0.6) is 0 Å². The Kier molecular flexibility index (Phi) is 4.57. The molecule has 0 aliphatic heterocycles. The molecule has 0 fully saturated rings. The van der Waals surface area contributed by atoms with E-state index >= 15 is 0 Å². The minimum absolute atomic E-state index is 0.511. The standard InChI is InChI=1S/C12H8Cl3NS/c13-10-2-1-9(6-11(10)14)17-7-8-3-4-16-12(15)5-8/h1-6H,7H2. The average Bonchev–Trinajstić information content (AvgIpc) is 2.31. The van der Waals surface area contributed by atoms with E-state index in [1.165, 1.54) is 0 Å². The lowest BCUT2D eigenvalue weighted by Gasteiger charge is -2.03. The zero-order valence-electron chi connectivity index (χ0n) is 8.66. The lowest BCUT2D eigenvalue weighted by molar-refractivity contribution is 1.27. The maximum Gasteiger partial charge on any atom is 0.129 e. The molecule has 0 spiro atoms. The quantitative estimate of drug-likeness (QED) is 0.561. The van der Waals surface area contributed by atoms with Gasteiger partial charge in [0.05, 0.1) is 10.0 Å². The highest BCUT2D eigenvalue weighted by atomic mass is 35.5. The summed E-state index contributed by atoms with van der Waals surface area (Å²) < 4.78 is 0. The number of nitrogens with zero attached hydrogens (tertiary/aromatic N) is 1. The fraction of sp³-hybridized carbons (Fsp3) is 0.0833. The fourth-order valence-corrected chi connectivity index (χ4v) is 2.70. The first-order valence-electron chi connectivity index (χ1n) is 4.83. The van der Waals surface area contributed by atoms with Gasteiger partial charge < -0.3 is 0 Å². The highest BCUT2D eigenvalue weighted by Crippen LogP contribution is 2.29. The Morgan fingerprint density at radius 1 is 1.00 bits per heavy atom. The van der Waals surface area contributed by atoms with Gasteiger partial charge in [0, 0.05) is 16.8 Å². The first kappa shape index (κ1) is 13.0. The van der Waals surface area contributed by atoms with Crippen LogP contribution in [0, 0.1) is 0 Å². The number of benzene rings is 1. The molecule has 0 bridgehead atoms. The summed E-state index contributed by atoms with van der Waals surface area (Å²) in [5.74, 6) is 0.820. The van der Waals surface area contributed by atoms with Gasteiger partial charge >= 0.3 is 0 Å². The molecule has 17 heavy (non-hydrogen) atoms. The highest BCUT2D eigenvalue weighted by Gasteiger charge is 2.01. The molecule has 0 saturated carbocycles. The molecule has 0 atom stereocenters. The molecule has 1 nitrogen and oxygen atoms in total. The first-order valence-corrected chi connectivity index (χ1v) is 6.95. The van der Waals surface area contributed by atoms with Crippen LogP contribution in [0.25, 0.3) is 0 Å². The monoisotopic (exact) mass is 303 g/mol. The maximum absolute atomic E-state index is 5.94. The van der Waals surface area contributed by atoms with Crippen LogP contribution < -0.4 is 0 Å². The molecule has 0 saturated heterocycles. The van der Waals surface area contributed by atoms with Crippen molar-refractivity contribution in [3.05, 3.63) is 57.3 Å². The first-order chi connectivity index (χ1) is 8.15. The van der Waals surface area contributed by atoms with Crippen LogP contribution in [0.4, 0.5) is 0 Å². The smallest absolute Gasteiger partial charge is 0.129 e. The van der Waals surface area contributed by atoms with E-state index in [2.05, 4.69) is 4.98 Å². The second-order valence-electron chi connectivity index (χ2n) is 3.35. The summed E-state index contributed by atoms with van der Waals surface area (Å²) in [6.45, 7) is 0. The molecule has 0 radical (unpaired) electrons. The summed E-state index contributed by atoms with van der Waals surface area (Å²) in [5.41, 5.74) is 1.13. The molecular formula is C12H8Cl3NS. The molecule has 5 heteroatoms. The summed E-state index contributed by atoms with van der Waals surface area (Å²) in [4.78, 5) is 5.01. The minimum atomic E-state index is 0.511. The molecule has 88 valence electrons. The van der Waals surface area contributed by atoms with Crippen LogP contribution in [-0.2, 0) is 5.75 Å². The third-order valence-corrected chi connectivity index (χ3v) is 4.10. The van der Waals surface area contributed by atoms with Crippen molar-refractivity contribution >= 4 is 46.6 Å². The van der Waals surface area contributed by atoms with E-state index in [9.17, 15) is 0 Å². The van der Waals surface area contributed by atoms with E-state index in [1.807, 2.05) is 24.3 Å². The van der Waals surface area contributed by atoms with Crippen molar-refractivity contribution in [3.8, 4) is 0 Å². The van der Waals surface area contributed by atoms with Gasteiger partial charge in [0.1, 0.15) is 5.15 Å². The fourth-order valence-electron chi connectivity index (χ4n) is 1.27. The van der Waals surface area contributed by atoms with E-state index in [0.717, 1.165) is 16.2 Å². The van der Waals surface area contributed by atoms with Crippen LogP contribution in [0.15, 0.2) is 41.4 Å². The zero-order valence-corrected chi connectivity index (χ0v) is 11.7. The van der Waals surface area contributed by atoms with Crippen molar-refractivity contribution in [2.45, 2.75) is 10.6 Å². The third-order valence-electron chi connectivity index (χ3n) is 2.09. The van der Waals surface area contributed by atoms with Gasteiger partial charge in [-0.05, 0) is 35.9 Å². The lowest BCUT2D eigenvalue weighted by atomic mass is 10.3. The number of halogens is 3. The van der Waals surface area contributed by atoms with Crippen molar-refractivity contribution in [1.29, 1.82) is 0 Å². The highest BCUT2D eigenvalue weighted by molar-refractivity contribution is 7.98. The SMILES string of the molecule is Clc1cc(CSc2ccc(Cl)c(Cl)c2)ccn1. The average molecular weight is 305 g/mol. The second kappa shape index (κ2) is 5.96. The van der Waals surface area contributed by atoms with Crippen LogP contribution in [0.2, 0.25) is 15.2 Å². The summed E-state index contributed by atoms with van der Waals surface area (Å²) in [7, 11) is 0. The predicted octanol–water partition coefficient (Wildman–Crippen LogP) is 5.33. The van der Waals surface area contributed by atoms with Crippen molar-refractivity contribution < 1.29 is 0 Å². The van der Waals surface area contributed by atoms with Crippen LogP contribution in [0.3, 0.4) is 0 Å². The molecular weight excluding hydrogens is 297 g/mol. The molecule has 2 aromatic rings. The van der Waals surface area contributed by atoms with E-state index in [-0.39, 0.29) is 0 Å². The summed E-state index contributed by atoms with van der Waals surface area (Å²) in [6.07, 6.45) is 1.70. The Balaban J connectivity index is 2.05. The van der Waals surface area contributed by atoms with Crippen molar-refractivity contribution in [2.75, 3.05) is 0 Å². The molecule has 1 heterocycles. The van der Waals surface area contributed by atoms with Crippen molar-refractivity contribution in [2.24, 2.45) is 0 Å². The number of aromatic nitrogens is 1. The Morgan fingerprint density at radius 2 is 1.82 bits per heavy atom. The molecule has 0 N–H and O–H groups in total. The summed E-state index contributed by atoms with van der Waals surface area (Å²) >= 11 is 19.3. The van der Waals surface area contributed by atoms with E-state index < -0.39 is 0 Å². The molecule has 0 unspecified atom stereocenters. The Morgan fingerprint density at radius 3 is 2.53 bits per heavy atom. The topological polar surface area (TPSA) is 12.9 Å². The normalized spacial score (nSPS) is 10.5. The van der Waals surface area contributed by atoms with E-state index in [1.54, 1.807) is 24.0 Å². The number of hydrogen-bond donors (Lipinski definition) is 0. The van der Waals surface area contributed by atoms with Gasteiger partial charge in [0.2, 0.25) is 0 Å². The van der Waals surface area contributed by atoms with Gasteiger partial charge in [-0.15, -0.1) is 11.8 Å². The summed E-state index contributed by atoms with van der Waals surface area (Å²) in [5, 5.41) is 1.66. The number of hydrogen-bond acceptors (Lipinski definition) is 2. The van der Waals surface area contributed by atoms with Crippen molar-refractivity contribution in [3.63, 3.8) is 0 Å². The number of thioether (sulfide) groups is 1. The molecule has 1 aromatic heterocycles. The molecule has 2 rings (SSSR count). The van der Waals surface area contributed by atoms with E-state index in [0.29, 0.717) is 15.2 Å². The van der Waals surface area contributed by atoms with Gasteiger partial charge in [-0.1, -0.05) is 34.8 Å². The van der Waals surface area contributed by atoms with Crippen LogP contribution >= 0.6 is 46.6 Å². The molecule has 0 aliphatic rings. The van der Waals surface area contributed by atoms with Gasteiger partial charge in [0.25, 0.3) is 0 Å². The molecule has 0 amide bonds. The predicted molar refractivity (Wildman–Crippen MR) is 75.3 cm³/mol. The van der Waals surface area contributed by atoms with Gasteiger partial charge in [-0.2, -0.15) is 0 Å². The Labute approximate surface area is 119 Å². The lowest BCUT2D eigenvalue weighted by Crippen LogP contribution is -1.83. The minimum Gasteiger partial charge on any atom is -0.245 e. The van der Waals surface area contributed by atoms with E-state index in [4.69, 9.17) is 34.8 Å². The Bertz CT molecular complexity index is 531. The van der Waals surface area contributed by atoms with Gasteiger partial charge in [-0.3, -0.25) is 0 Å².